The largest absolute Gasteiger partial charge is 0.477 e. The molecule has 1 saturated heterocycles. The predicted molar refractivity (Wildman–Crippen MR) is 55.2 cm³/mol. The van der Waals surface area contributed by atoms with Crippen LogP contribution in [0.15, 0.2) is 24.3 Å². The molecule has 0 N–H and O–H groups in total. The molecule has 1 heterocycles. The van der Waals surface area contributed by atoms with Gasteiger partial charge in [-0.2, -0.15) is 0 Å². The number of amides is 1. The molecule has 1 aromatic rings. The zero-order valence-electron chi connectivity index (χ0n) is 8.46. The van der Waals surface area contributed by atoms with E-state index in [0.717, 1.165) is 13.1 Å². The third-order valence-electron chi connectivity index (χ3n) is 2.21. The van der Waals surface area contributed by atoms with Crippen LogP contribution in [-0.2, 0) is 4.79 Å². The van der Waals surface area contributed by atoms with Crippen molar-refractivity contribution >= 4 is 11.6 Å². The number of rotatable bonds is 4. The molecule has 0 spiro atoms. The Balaban J connectivity index is 2.02. The van der Waals surface area contributed by atoms with Crippen LogP contribution in [0.2, 0.25) is 0 Å². The van der Waals surface area contributed by atoms with E-state index >= 15 is 0 Å². The molecule has 0 radical (unpaired) electrons. The van der Waals surface area contributed by atoms with Crippen molar-refractivity contribution in [3.8, 4) is 5.75 Å². The summed E-state index contributed by atoms with van der Waals surface area (Å²) >= 11 is 0. The Morgan fingerprint density at radius 3 is 2.75 bits per heavy atom. The van der Waals surface area contributed by atoms with Gasteiger partial charge in [0.1, 0.15) is 0 Å². The summed E-state index contributed by atoms with van der Waals surface area (Å²) in [6, 6.07) is 6.01. The highest BCUT2D eigenvalue weighted by atomic mass is 16.6. The van der Waals surface area contributed by atoms with Crippen LogP contribution in [-0.4, -0.2) is 35.4 Å². The summed E-state index contributed by atoms with van der Waals surface area (Å²) < 4.78 is 5.13. The van der Waals surface area contributed by atoms with Gasteiger partial charge in [0, 0.05) is 19.2 Å². The molecule has 0 atom stereocenters. The molecule has 16 heavy (non-hydrogen) atoms. The van der Waals surface area contributed by atoms with Crippen molar-refractivity contribution in [2.24, 2.45) is 0 Å². The zero-order chi connectivity index (χ0) is 11.5. The van der Waals surface area contributed by atoms with Crippen molar-refractivity contribution in [2.75, 3.05) is 19.7 Å². The zero-order valence-corrected chi connectivity index (χ0v) is 8.46. The molecule has 0 aromatic heterocycles. The van der Waals surface area contributed by atoms with E-state index in [2.05, 4.69) is 0 Å². The average molecular weight is 222 g/mol. The van der Waals surface area contributed by atoms with Gasteiger partial charge >= 0.3 is 5.69 Å². The molecule has 1 aliphatic rings. The molecular weight excluding hydrogens is 212 g/mol. The monoisotopic (exact) mass is 222 g/mol. The van der Waals surface area contributed by atoms with Crippen LogP contribution in [0, 0.1) is 10.1 Å². The minimum absolute atomic E-state index is 0.124. The normalized spacial score (nSPS) is 13.4. The summed E-state index contributed by atoms with van der Waals surface area (Å²) in [5, 5.41) is 10.6. The van der Waals surface area contributed by atoms with Crippen molar-refractivity contribution in [3.63, 3.8) is 0 Å². The molecule has 1 aliphatic heterocycles. The smallest absolute Gasteiger partial charge is 0.310 e. The van der Waals surface area contributed by atoms with Crippen LogP contribution in [0.1, 0.15) is 0 Å². The third-order valence-corrected chi connectivity index (χ3v) is 2.21. The molecule has 0 bridgehead atoms. The Kier molecular flexibility index (Phi) is 2.72. The van der Waals surface area contributed by atoms with Gasteiger partial charge in [0.25, 0.3) is 5.91 Å². The number of nitrogens with zero attached hydrogens (tertiary/aromatic N) is 2. The Bertz CT molecular complexity index is 429. The number of ether oxygens (including phenoxy) is 1. The molecule has 1 aromatic carbocycles. The van der Waals surface area contributed by atoms with E-state index in [1.807, 2.05) is 0 Å². The van der Waals surface area contributed by atoms with Gasteiger partial charge in [0.15, 0.2) is 12.4 Å². The predicted octanol–water partition coefficient (Wildman–Crippen LogP) is 0.816. The van der Waals surface area contributed by atoms with Crippen molar-refractivity contribution in [1.29, 1.82) is 0 Å². The topological polar surface area (TPSA) is 72.5 Å². The Labute approximate surface area is 91.6 Å². The summed E-state index contributed by atoms with van der Waals surface area (Å²) in [5.74, 6) is -0.0131. The molecule has 2 rings (SSSR count). The minimum Gasteiger partial charge on any atom is -0.477 e. The first-order valence-corrected chi connectivity index (χ1v) is 4.82. The lowest BCUT2D eigenvalue weighted by atomic mass is 10.3. The van der Waals surface area contributed by atoms with E-state index in [-0.39, 0.29) is 24.0 Å². The second-order valence-corrected chi connectivity index (χ2v) is 3.39. The summed E-state index contributed by atoms with van der Waals surface area (Å²) in [6.07, 6.45) is 0. The summed E-state index contributed by atoms with van der Waals surface area (Å²) in [6.45, 7) is 1.35. The van der Waals surface area contributed by atoms with Crippen LogP contribution < -0.4 is 4.74 Å². The van der Waals surface area contributed by atoms with Crippen LogP contribution in [0.4, 0.5) is 5.69 Å². The number of nitro benzene ring substituents is 1. The highest BCUT2D eigenvalue weighted by Crippen LogP contribution is 2.25. The Morgan fingerprint density at radius 2 is 2.12 bits per heavy atom. The molecule has 0 saturated carbocycles. The summed E-state index contributed by atoms with van der Waals surface area (Å²) in [5.41, 5.74) is -0.124. The molecule has 6 nitrogen and oxygen atoms in total. The van der Waals surface area contributed by atoms with E-state index < -0.39 is 4.92 Å². The first-order valence-electron chi connectivity index (χ1n) is 4.82. The highest BCUT2D eigenvalue weighted by Gasteiger charge is 2.25. The molecule has 1 amide bonds. The van der Waals surface area contributed by atoms with Gasteiger partial charge in [0.2, 0.25) is 0 Å². The van der Waals surface area contributed by atoms with Crippen LogP contribution >= 0.6 is 0 Å². The Morgan fingerprint density at radius 1 is 1.44 bits per heavy atom. The standard InChI is InChI=1S/C10H10N2O4/c13-10(11-5-6-11)7-16-9-4-2-1-3-8(9)12(14)15/h1-4H,5-7H2. The molecule has 0 unspecified atom stereocenters. The maximum Gasteiger partial charge on any atom is 0.310 e. The lowest BCUT2D eigenvalue weighted by molar-refractivity contribution is -0.385. The van der Waals surface area contributed by atoms with Gasteiger partial charge < -0.3 is 9.64 Å². The van der Waals surface area contributed by atoms with Gasteiger partial charge in [0.05, 0.1) is 4.92 Å². The van der Waals surface area contributed by atoms with E-state index in [4.69, 9.17) is 4.74 Å². The van der Waals surface area contributed by atoms with Gasteiger partial charge in [-0.25, -0.2) is 0 Å². The second kappa shape index (κ2) is 4.18. The summed E-state index contributed by atoms with van der Waals surface area (Å²) in [7, 11) is 0. The SMILES string of the molecule is O=C(COc1ccccc1[N+](=O)[O-])N1CC1. The first-order chi connectivity index (χ1) is 7.68. The number of benzene rings is 1. The number of para-hydroxylation sites is 2. The third kappa shape index (κ3) is 2.28. The summed E-state index contributed by atoms with van der Waals surface area (Å²) in [4.78, 5) is 23.0. The van der Waals surface area contributed by atoms with Crippen molar-refractivity contribution in [1.82, 2.24) is 4.90 Å². The van der Waals surface area contributed by atoms with E-state index in [9.17, 15) is 14.9 Å². The van der Waals surface area contributed by atoms with E-state index in [1.54, 1.807) is 17.0 Å². The molecule has 84 valence electrons. The Hall–Kier alpha value is -2.11. The van der Waals surface area contributed by atoms with Gasteiger partial charge in [-0.05, 0) is 6.07 Å². The van der Waals surface area contributed by atoms with Crippen LogP contribution in [0.25, 0.3) is 0 Å². The molecular formula is C10H10N2O4. The fourth-order valence-corrected chi connectivity index (χ4v) is 1.26. The minimum atomic E-state index is -0.531. The van der Waals surface area contributed by atoms with Crippen LogP contribution in [0.3, 0.4) is 0 Å². The van der Waals surface area contributed by atoms with Crippen molar-refractivity contribution < 1.29 is 14.5 Å². The lowest BCUT2D eigenvalue weighted by Crippen LogP contribution is -2.19. The fraction of sp³-hybridized carbons (Fsp3) is 0.300. The first kappa shape index (κ1) is 10.4. The van der Waals surface area contributed by atoms with Crippen LogP contribution in [0.5, 0.6) is 5.75 Å². The maximum absolute atomic E-state index is 11.3. The van der Waals surface area contributed by atoms with Crippen molar-refractivity contribution in [3.05, 3.63) is 34.4 Å². The number of hydrogen-bond donors (Lipinski definition) is 0. The molecule has 1 fully saturated rings. The quantitative estimate of drug-likeness (QED) is 0.429. The number of nitro groups is 1. The number of carbonyl (C=O) groups is 1. The lowest BCUT2D eigenvalue weighted by Gasteiger charge is -2.05. The molecule has 0 aliphatic carbocycles. The van der Waals surface area contributed by atoms with E-state index in [0.29, 0.717) is 0 Å². The van der Waals surface area contributed by atoms with Gasteiger partial charge in [-0.1, -0.05) is 12.1 Å². The maximum atomic E-state index is 11.3. The number of carbonyl (C=O) groups excluding carboxylic acids is 1. The average Bonchev–Trinajstić information content (AvgIpc) is 3.10. The van der Waals surface area contributed by atoms with Gasteiger partial charge in [-0.15, -0.1) is 0 Å². The second-order valence-electron chi connectivity index (χ2n) is 3.39. The van der Waals surface area contributed by atoms with Crippen molar-refractivity contribution in [2.45, 2.75) is 0 Å². The fourth-order valence-electron chi connectivity index (χ4n) is 1.26. The van der Waals surface area contributed by atoms with E-state index in [1.165, 1.54) is 12.1 Å². The number of hydrogen-bond acceptors (Lipinski definition) is 4. The molecule has 6 heteroatoms. The highest BCUT2D eigenvalue weighted by molar-refractivity contribution is 5.79. The van der Waals surface area contributed by atoms with Gasteiger partial charge in [-0.3, -0.25) is 14.9 Å².